The van der Waals surface area contributed by atoms with Crippen LogP contribution in [0.1, 0.15) is 32.1 Å². The number of rotatable bonds is 4. The third-order valence-corrected chi connectivity index (χ3v) is 4.07. The van der Waals surface area contributed by atoms with Crippen molar-refractivity contribution in [2.24, 2.45) is 16.1 Å². The standard InChI is InChI=1S/C13H26N4/c1-16(2)11-13(6-3-4-7-13)10-15-12(14)17-8-5-9-17/h3-11H2,1-2H3,(H2,14,15). The van der Waals surface area contributed by atoms with E-state index in [1.807, 2.05) is 0 Å². The molecule has 0 bridgehead atoms. The third kappa shape index (κ3) is 3.12. The summed E-state index contributed by atoms with van der Waals surface area (Å²) in [6.07, 6.45) is 6.59. The van der Waals surface area contributed by atoms with Crippen LogP contribution in [-0.4, -0.2) is 56.0 Å². The van der Waals surface area contributed by atoms with Gasteiger partial charge in [0.2, 0.25) is 0 Å². The zero-order chi connectivity index (χ0) is 12.3. The summed E-state index contributed by atoms with van der Waals surface area (Å²) in [5.74, 6) is 0.765. The van der Waals surface area contributed by atoms with Gasteiger partial charge in [-0.1, -0.05) is 12.8 Å². The highest BCUT2D eigenvalue weighted by atomic mass is 15.3. The maximum Gasteiger partial charge on any atom is 0.191 e. The second-order valence-electron chi connectivity index (χ2n) is 5.96. The predicted octanol–water partition coefficient (Wildman–Crippen LogP) is 1.13. The molecule has 0 atom stereocenters. The Labute approximate surface area is 105 Å². The quantitative estimate of drug-likeness (QED) is 0.590. The fourth-order valence-electron chi connectivity index (χ4n) is 3.06. The van der Waals surface area contributed by atoms with Gasteiger partial charge in [0, 0.05) is 31.6 Å². The number of hydrogen-bond acceptors (Lipinski definition) is 2. The van der Waals surface area contributed by atoms with Gasteiger partial charge in [0.1, 0.15) is 0 Å². The van der Waals surface area contributed by atoms with E-state index in [4.69, 9.17) is 5.73 Å². The molecule has 1 aliphatic carbocycles. The smallest absolute Gasteiger partial charge is 0.191 e. The highest BCUT2D eigenvalue weighted by Gasteiger charge is 2.34. The van der Waals surface area contributed by atoms with Crippen molar-refractivity contribution in [2.75, 3.05) is 40.3 Å². The van der Waals surface area contributed by atoms with E-state index in [1.54, 1.807) is 0 Å². The van der Waals surface area contributed by atoms with Crippen molar-refractivity contribution in [3.05, 3.63) is 0 Å². The number of nitrogens with zero attached hydrogens (tertiary/aromatic N) is 3. The minimum Gasteiger partial charge on any atom is -0.370 e. The Balaban J connectivity index is 1.92. The van der Waals surface area contributed by atoms with Gasteiger partial charge in [0.15, 0.2) is 5.96 Å². The SMILES string of the molecule is CN(C)CC1(CN=C(N)N2CCC2)CCCC1. The molecule has 1 saturated heterocycles. The number of hydrogen-bond donors (Lipinski definition) is 1. The van der Waals surface area contributed by atoms with Gasteiger partial charge in [-0.05, 0) is 33.4 Å². The zero-order valence-electron chi connectivity index (χ0n) is 11.3. The maximum atomic E-state index is 6.01. The van der Waals surface area contributed by atoms with Gasteiger partial charge in [-0.15, -0.1) is 0 Å². The molecule has 2 rings (SSSR count). The van der Waals surface area contributed by atoms with E-state index in [0.717, 1.165) is 32.1 Å². The Morgan fingerprint density at radius 2 is 1.88 bits per heavy atom. The van der Waals surface area contributed by atoms with Crippen molar-refractivity contribution in [3.63, 3.8) is 0 Å². The first-order chi connectivity index (χ1) is 8.11. The van der Waals surface area contributed by atoms with Crippen LogP contribution in [0.2, 0.25) is 0 Å². The van der Waals surface area contributed by atoms with Crippen molar-refractivity contribution in [3.8, 4) is 0 Å². The molecule has 0 aromatic rings. The summed E-state index contributed by atoms with van der Waals surface area (Å²) >= 11 is 0. The molecule has 0 amide bonds. The molecule has 98 valence electrons. The summed E-state index contributed by atoms with van der Waals surface area (Å²) in [6, 6.07) is 0. The van der Waals surface area contributed by atoms with Crippen molar-refractivity contribution in [2.45, 2.75) is 32.1 Å². The zero-order valence-corrected chi connectivity index (χ0v) is 11.3. The lowest BCUT2D eigenvalue weighted by atomic mass is 9.86. The molecule has 2 N–H and O–H groups in total. The van der Waals surface area contributed by atoms with Crippen molar-refractivity contribution in [1.82, 2.24) is 9.80 Å². The van der Waals surface area contributed by atoms with E-state index in [9.17, 15) is 0 Å². The van der Waals surface area contributed by atoms with Crippen molar-refractivity contribution < 1.29 is 0 Å². The van der Waals surface area contributed by atoms with Gasteiger partial charge in [-0.2, -0.15) is 0 Å². The van der Waals surface area contributed by atoms with Crippen LogP contribution in [0.25, 0.3) is 0 Å². The number of likely N-dealkylation sites (tertiary alicyclic amines) is 1. The maximum absolute atomic E-state index is 6.01. The molecule has 0 spiro atoms. The summed E-state index contributed by atoms with van der Waals surface area (Å²) in [5.41, 5.74) is 6.40. The van der Waals surface area contributed by atoms with Crippen LogP contribution < -0.4 is 5.73 Å². The fraction of sp³-hybridized carbons (Fsp3) is 0.923. The largest absolute Gasteiger partial charge is 0.370 e. The van der Waals surface area contributed by atoms with Crippen LogP contribution in [0.15, 0.2) is 4.99 Å². The summed E-state index contributed by atoms with van der Waals surface area (Å²) in [5, 5.41) is 0. The molecule has 0 aromatic carbocycles. The fourth-order valence-corrected chi connectivity index (χ4v) is 3.06. The molecular formula is C13H26N4. The molecule has 4 heteroatoms. The van der Waals surface area contributed by atoms with E-state index in [0.29, 0.717) is 5.41 Å². The normalized spacial score (nSPS) is 24.2. The van der Waals surface area contributed by atoms with E-state index >= 15 is 0 Å². The van der Waals surface area contributed by atoms with Gasteiger partial charge in [-0.25, -0.2) is 0 Å². The lowest BCUT2D eigenvalue weighted by Gasteiger charge is -2.34. The molecule has 1 heterocycles. The number of nitrogens with two attached hydrogens (primary N) is 1. The Hall–Kier alpha value is -0.770. The second-order valence-corrected chi connectivity index (χ2v) is 5.96. The molecular weight excluding hydrogens is 212 g/mol. The Bertz CT molecular complexity index is 275. The molecule has 2 fully saturated rings. The van der Waals surface area contributed by atoms with Crippen LogP contribution in [0, 0.1) is 5.41 Å². The summed E-state index contributed by atoms with van der Waals surface area (Å²) in [4.78, 5) is 9.12. The van der Waals surface area contributed by atoms with Gasteiger partial charge in [0.05, 0.1) is 0 Å². The lowest BCUT2D eigenvalue weighted by molar-refractivity contribution is 0.208. The molecule has 4 nitrogen and oxygen atoms in total. The molecule has 0 unspecified atom stereocenters. The van der Waals surface area contributed by atoms with E-state index < -0.39 is 0 Å². The van der Waals surface area contributed by atoms with Crippen molar-refractivity contribution >= 4 is 5.96 Å². The van der Waals surface area contributed by atoms with Crippen molar-refractivity contribution in [1.29, 1.82) is 0 Å². The Morgan fingerprint density at radius 3 is 2.35 bits per heavy atom. The first-order valence-electron chi connectivity index (χ1n) is 6.81. The monoisotopic (exact) mass is 238 g/mol. The topological polar surface area (TPSA) is 44.9 Å². The molecule has 1 aliphatic heterocycles. The molecule has 0 aromatic heterocycles. The summed E-state index contributed by atoms with van der Waals surface area (Å²) in [7, 11) is 4.31. The van der Waals surface area contributed by atoms with Gasteiger partial charge < -0.3 is 15.5 Å². The number of guanidine groups is 1. The van der Waals surface area contributed by atoms with Crippen LogP contribution in [0.3, 0.4) is 0 Å². The van der Waals surface area contributed by atoms with Crippen LogP contribution in [-0.2, 0) is 0 Å². The van der Waals surface area contributed by atoms with Crippen LogP contribution in [0.4, 0.5) is 0 Å². The highest BCUT2D eigenvalue weighted by Crippen LogP contribution is 2.38. The van der Waals surface area contributed by atoms with Crippen LogP contribution >= 0.6 is 0 Å². The lowest BCUT2D eigenvalue weighted by Crippen LogP contribution is -2.47. The molecule has 2 aliphatic rings. The first kappa shape index (κ1) is 12.7. The molecule has 1 saturated carbocycles. The highest BCUT2D eigenvalue weighted by molar-refractivity contribution is 5.78. The van der Waals surface area contributed by atoms with Crippen LogP contribution in [0.5, 0.6) is 0 Å². The summed E-state index contributed by atoms with van der Waals surface area (Å²) < 4.78 is 0. The Morgan fingerprint density at radius 1 is 1.24 bits per heavy atom. The van der Waals surface area contributed by atoms with Gasteiger partial charge in [0.25, 0.3) is 0 Å². The average Bonchev–Trinajstić information content (AvgIpc) is 2.60. The van der Waals surface area contributed by atoms with Gasteiger partial charge in [-0.3, -0.25) is 4.99 Å². The van der Waals surface area contributed by atoms with Gasteiger partial charge >= 0.3 is 0 Å². The molecule has 0 radical (unpaired) electrons. The first-order valence-corrected chi connectivity index (χ1v) is 6.81. The summed E-state index contributed by atoms with van der Waals surface area (Å²) in [6.45, 7) is 4.24. The predicted molar refractivity (Wildman–Crippen MR) is 72.1 cm³/mol. The third-order valence-electron chi connectivity index (χ3n) is 4.07. The van der Waals surface area contributed by atoms with E-state index in [1.165, 1.54) is 32.1 Å². The minimum absolute atomic E-state index is 0.388. The number of aliphatic imine (C=N–C) groups is 1. The Kier molecular flexibility index (Phi) is 3.92. The van der Waals surface area contributed by atoms with E-state index in [2.05, 4.69) is 28.9 Å². The molecule has 17 heavy (non-hydrogen) atoms. The second kappa shape index (κ2) is 5.25. The minimum atomic E-state index is 0.388. The van der Waals surface area contributed by atoms with E-state index in [-0.39, 0.29) is 0 Å². The average molecular weight is 238 g/mol.